The fraction of sp³-hybridized carbons (Fsp3) is 0.429. The molecule has 1 amide bonds. The van der Waals surface area contributed by atoms with Crippen molar-refractivity contribution >= 4 is 38.9 Å². The number of carbonyl (C=O) groups is 1. The third-order valence-electron chi connectivity index (χ3n) is 3.84. The molecule has 0 saturated carbocycles. The number of amides is 1. The van der Waals surface area contributed by atoms with Gasteiger partial charge in [0.05, 0.1) is 11.2 Å². The number of halogens is 1. The molecule has 3 heterocycles. The first-order valence-corrected chi connectivity index (χ1v) is 10.2. The molecule has 130 valence electrons. The van der Waals surface area contributed by atoms with Gasteiger partial charge in [-0.1, -0.05) is 17.7 Å². The zero-order valence-corrected chi connectivity index (χ0v) is 15.2. The minimum absolute atomic E-state index is 0.00482. The molecule has 0 aromatic carbocycles. The van der Waals surface area contributed by atoms with E-state index in [1.807, 2.05) is 0 Å². The number of rotatable bonds is 5. The van der Waals surface area contributed by atoms with Gasteiger partial charge in [-0.2, -0.15) is 9.40 Å². The molecular weight excluding hydrogens is 372 g/mol. The predicted octanol–water partition coefficient (Wildman–Crippen LogP) is 1.52. The monoisotopic (exact) mass is 388 g/mol. The largest absolute Gasteiger partial charge is 0.340 e. The van der Waals surface area contributed by atoms with Gasteiger partial charge in [-0.25, -0.2) is 8.42 Å². The maximum absolute atomic E-state index is 12.4. The molecular formula is C14H17ClN4O3S2. The molecule has 0 spiro atoms. The van der Waals surface area contributed by atoms with Gasteiger partial charge in [0.15, 0.2) is 0 Å². The summed E-state index contributed by atoms with van der Waals surface area (Å²) in [6, 6.07) is 3.33. The Morgan fingerprint density at radius 2 is 2.04 bits per heavy atom. The molecule has 1 aliphatic heterocycles. The summed E-state index contributed by atoms with van der Waals surface area (Å²) in [5.74, 6) is -0.00482. The highest BCUT2D eigenvalue weighted by molar-refractivity contribution is 7.91. The number of thiophene rings is 1. The first kappa shape index (κ1) is 17.4. The SMILES string of the molecule is O=C(CCn1cc(Cl)cn1)N1CCN(S(=O)(=O)c2cccs2)CC1. The summed E-state index contributed by atoms with van der Waals surface area (Å²) >= 11 is 6.99. The van der Waals surface area contributed by atoms with Gasteiger partial charge in [-0.05, 0) is 11.4 Å². The van der Waals surface area contributed by atoms with Crippen LogP contribution in [0.2, 0.25) is 5.02 Å². The highest BCUT2D eigenvalue weighted by atomic mass is 35.5. The summed E-state index contributed by atoms with van der Waals surface area (Å²) in [4.78, 5) is 13.9. The third kappa shape index (κ3) is 3.80. The maximum atomic E-state index is 12.4. The van der Waals surface area contributed by atoms with E-state index in [1.54, 1.807) is 33.3 Å². The van der Waals surface area contributed by atoms with Crippen molar-refractivity contribution in [3.8, 4) is 0 Å². The number of nitrogens with zero attached hydrogens (tertiary/aromatic N) is 4. The van der Waals surface area contributed by atoms with Crippen molar-refractivity contribution in [1.29, 1.82) is 0 Å². The Balaban J connectivity index is 1.52. The zero-order chi connectivity index (χ0) is 17.2. The quantitative estimate of drug-likeness (QED) is 0.778. The van der Waals surface area contributed by atoms with Crippen molar-refractivity contribution < 1.29 is 13.2 Å². The molecule has 2 aromatic rings. The summed E-state index contributed by atoms with van der Waals surface area (Å²) < 4.78 is 28.3. The summed E-state index contributed by atoms with van der Waals surface area (Å²) in [6.45, 7) is 1.91. The number of hydrogen-bond donors (Lipinski definition) is 0. The average Bonchev–Trinajstić information content (AvgIpc) is 3.24. The van der Waals surface area contributed by atoms with E-state index in [2.05, 4.69) is 5.10 Å². The van der Waals surface area contributed by atoms with E-state index in [1.165, 1.54) is 21.8 Å². The Hall–Kier alpha value is -1.42. The smallest absolute Gasteiger partial charge is 0.252 e. The maximum Gasteiger partial charge on any atom is 0.252 e. The minimum atomic E-state index is -3.44. The van der Waals surface area contributed by atoms with E-state index in [-0.39, 0.29) is 5.91 Å². The molecule has 2 aromatic heterocycles. The third-order valence-corrected chi connectivity index (χ3v) is 7.30. The second kappa shape index (κ2) is 7.22. The fourth-order valence-electron chi connectivity index (χ4n) is 2.54. The van der Waals surface area contributed by atoms with Crippen LogP contribution in [0.3, 0.4) is 0 Å². The van der Waals surface area contributed by atoms with E-state index in [0.717, 1.165) is 0 Å². The first-order valence-electron chi connectivity index (χ1n) is 7.46. The molecule has 0 radical (unpaired) electrons. The lowest BCUT2D eigenvalue weighted by Gasteiger charge is -2.33. The van der Waals surface area contributed by atoms with Crippen LogP contribution in [0.5, 0.6) is 0 Å². The van der Waals surface area contributed by atoms with Crippen molar-refractivity contribution in [1.82, 2.24) is 19.0 Å². The predicted molar refractivity (Wildman–Crippen MR) is 91.5 cm³/mol. The Bertz CT molecular complexity index is 796. The molecule has 0 aliphatic carbocycles. The van der Waals surface area contributed by atoms with Crippen LogP contribution in [0.1, 0.15) is 6.42 Å². The average molecular weight is 389 g/mol. The standard InChI is InChI=1S/C14H17ClN4O3S2/c15-12-10-16-18(11-12)4-3-13(20)17-5-7-19(8-6-17)24(21,22)14-2-1-9-23-14/h1-2,9-11H,3-8H2. The molecule has 0 N–H and O–H groups in total. The molecule has 1 saturated heterocycles. The number of aryl methyl sites for hydroxylation is 1. The van der Waals surface area contributed by atoms with Crippen molar-refractivity contribution in [2.75, 3.05) is 26.2 Å². The molecule has 3 rings (SSSR count). The van der Waals surface area contributed by atoms with E-state index in [9.17, 15) is 13.2 Å². The van der Waals surface area contributed by atoms with Crippen molar-refractivity contribution in [3.05, 3.63) is 34.9 Å². The Labute approximate surface area is 149 Å². The van der Waals surface area contributed by atoms with Crippen LogP contribution < -0.4 is 0 Å². The molecule has 7 nitrogen and oxygen atoms in total. The zero-order valence-electron chi connectivity index (χ0n) is 12.8. The number of piperazine rings is 1. The lowest BCUT2D eigenvalue weighted by atomic mass is 10.3. The molecule has 0 unspecified atom stereocenters. The Kier molecular flexibility index (Phi) is 5.24. The lowest BCUT2D eigenvalue weighted by molar-refractivity contribution is -0.132. The summed E-state index contributed by atoms with van der Waals surface area (Å²) in [6.07, 6.45) is 3.51. The Morgan fingerprint density at radius 1 is 1.29 bits per heavy atom. The normalized spacial score (nSPS) is 16.5. The van der Waals surface area contributed by atoms with Crippen LogP contribution in [0.4, 0.5) is 0 Å². The van der Waals surface area contributed by atoms with Gasteiger partial charge in [0.1, 0.15) is 4.21 Å². The number of carbonyl (C=O) groups excluding carboxylic acids is 1. The molecule has 1 aliphatic rings. The van der Waals surface area contributed by atoms with Crippen molar-refractivity contribution in [3.63, 3.8) is 0 Å². The number of sulfonamides is 1. The van der Waals surface area contributed by atoms with Crippen LogP contribution in [0.15, 0.2) is 34.1 Å². The van der Waals surface area contributed by atoms with Crippen molar-refractivity contribution in [2.24, 2.45) is 0 Å². The van der Waals surface area contributed by atoms with Gasteiger partial charge in [0, 0.05) is 45.3 Å². The molecule has 1 fully saturated rings. The van der Waals surface area contributed by atoms with Gasteiger partial charge in [0.25, 0.3) is 10.0 Å². The molecule has 0 bridgehead atoms. The molecule has 0 atom stereocenters. The Morgan fingerprint density at radius 3 is 2.62 bits per heavy atom. The van der Waals surface area contributed by atoms with Gasteiger partial charge in [-0.15, -0.1) is 11.3 Å². The molecule has 24 heavy (non-hydrogen) atoms. The van der Waals surface area contributed by atoms with E-state index < -0.39 is 10.0 Å². The number of hydrogen-bond acceptors (Lipinski definition) is 5. The van der Waals surface area contributed by atoms with E-state index >= 15 is 0 Å². The first-order chi connectivity index (χ1) is 11.5. The van der Waals surface area contributed by atoms with E-state index in [0.29, 0.717) is 48.4 Å². The van der Waals surface area contributed by atoms with Crippen molar-refractivity contribution in [2.45, 2.75) is 17.2 Å². The van der Waals surface area contributed by atoms with Gasteiger partial charge in [0.2, 0.25) is 5.91 Å². The van der Waals surface area contributed by atoms with Gasteiger partial charge >= 0.3 is 0 Å². The topological polar surface area (TPSA) is 75.5 Å². The minimum Gasteiger partial charge on any atom is -0.340 e. The van der Waals surface area contributed by atoms with Gasteiger partial charge in [-0.3, -0.25) is 9.48 Å². The summed E-state index contributed by atoms with van der Waals surface area (Å²) in [5, 5.41) is 6.31. The second-order valence-electron chi connectivity index (χ2n) is 5.39. The lowest BCUT2D eigenvalue weighted by Crippen LogP contribution is -2.50. The van der Waals surface area contributed by atoms with Crippen LogP contribution >= 0.6 is 22.9 Å². The number of aromatic nitrogens is 2. The summed E-state index contributed by atoms with van der Waals surface area (Å²) in [7, 11) is -3.44. The van der Waals surface area contributed by atoms with Crippen LogP contribution in [-0.2, 0) is 21.4 Å². The fourth-order valence-corrected chi connectivity index (χ4v) is 5.27. The van der Waals surface area contributed by atoms with Crippen LogP contribution in [0.25, 0.3) is 0 Å². The van der Waals surface area contributed by atoms with Crippen LogP contribution in [-0.4, -0.2) is 59.5 Å². The molecule has 10 heteroatoms. The second-order valence-corrected chi connectivity index (χ2v) is 8.94. The summed E-state index contributed by atoms with van der Waals surface area (Å²) in [5.41, 5.74) is 0. The van der Waals surface area contributed by atoms with Gasteiger partial charge < -0.3 is 4.90 Å². The van der Waals surface area contributed by atoms with Crippen LogP contribution in [0, 0.1) is 0 Å². The van der Waals surface area contributed by atoms with E-state index in [4.69, 9.17) is 11.6 Å². The highest BCUT2D eigenvalue weighted by Crippen LogP contribution is 2.22. The highest BCUT2D eigenvalue weighted by Gasteiger charge is 2.30.